The molecule has 236 valence electrons. The van der Waals surface area contributed by atoms with Crippen molar-refractivity contribution in [2.75, 3.05) is 26.3 Å². The van der Waals surface area contributed by atoms with Crippen LogP contribution in [0.15, 0.2) is 84.1 Å². The Labute approximate surface area is 277 Å². The number of allylic oxidation sites excluding steroid dienone is 6. The molecule has 45 heavy (non-hydrogen) atoms. The van der Waals surface area contributed by atoms with Crippen LogP contribution in [0.25, 0.3) is 22.3 Å². The normalized spacial score (nSPS) is 19.2. The van der Waals surface area contributed by atoms with Gasteiger partial charge in [-0.2, -0.15) is 0 Å². The van der Waals surface area contributed by atoms with Crippen LogP contribution in [0, 0.1) is 0 Å². The number of benzene rings is 3. The minimum atomic E-state index is -0.902. The molecule has 3 aliphatic rings. The zero-order chi connectivity index (χ0) is 31.6. The molecule has 1 N–H and O–H groups in total. The van der Waals surface area contributed by atoms with E-state index in [2.05, 4.69) is 53.5 Å². The summed E-state index contributed by atoms with van der Waals surface area (Å²) in [7, 11) is 0. The molecule has 0 radical (unpaired) electrons. The Balaban J connectivity index is 1.37. The van der Waals surface area contributed by atoms with Crippen molar-refractivity contribution in [3.63, 3.8) is 0 Å². The zero-order valence-electron chi connectivity index (χ0n) is 26.2. The number of ether oxygens (including phenoxy) is 1. The Morgan fingerprint density at radius 3 is 2.51 bits per heavy atom. The number of aryl methyl sites for hydroxylation is 1. The van der Waals surface area contributed by atoms with Crippen LogP contribution in [-0.2, 0) is 16.8 Å². The Kier molecular flexibility index (Phi) is 9.87. The van der Waals surface area contributed by atoms with Gasteiger partial charge in [0.2, 0.25) is 0 Å². The number of hydrogen-bond donors (Lipinski definition) is 1. The van der Waals surface area contributed by atoms with Crippen LogP contribution in [0.1, 0.15) is 74.6 Å². The van der Waals surface area contributed by atoms with E-state index in [1.807, 2.05) is 38.1 Å². The van der Waals surface area contributed by atoms with E-state index in [1.165, 1.54) is 27.8 Å². The molecule has 6 rings (SSSR count). The molecular weight excluding hydrogens is 604 g/mol. The van der Waals surface area contributed by atoms with Gasteiger partial charge in [0.25, 0.3) is 0 Å². The topological polar surface area (TPSA) is 32.7 Å². The Morgan fingerprint density at radius 1 is 0.933 bits per heavy atom. The molecule has 1 atom stereocenters. The van der Waals surface area contributed by atoms with Gasteiger partial charge in [0.15, 0.2) is 0 Å². The van der Waals surface area contributed by atoms with Crippen molar-refractivity contribution in [2.45, 2.75) is 70.5 Å². The number of rotatable bonds is 9. The quantitative estimate of drug-likeness (QED) is 0.251. The van der Waals surface area contributed by atoms with E-state index in [1.54, 1.807) is 0 Å². The molecule has 1 heterocycles. The molecule has 0 spiro atoms. The summed E-state index contributed by atoms with van der Waals surface area (Å²) in [4.78, 5) is 2.31. The van der Waals surface area contributed by atoms with Gasteiger partial charge in [-0.05, 0) is 127 Å². The fraction of sp³-hybridized carbons (Fsp3) is 0.385. The number of fused-ring (bicyclic) bond motifs is 1. The van der Waals surface area contributed by atoms with Crippen LogP contribution in [-0.4, -0.2) is 42.4 Å². The minimum absolute atomic E-state index is 0.167. The van der Waals surface area contributed by atoms with Crippen molar-refractivity contribution >= 4 is 34.3 Å². The summed E-state index contributed by atoms with van der Waals surface area (Å²) >= 11 is 13.2. The Morgan fingerprint density at radius 2 is 1.76 bits per heavy atom. The van der Waals surface area contributed by atoms with Crippen molar-refractivity contribution in [1.82, 2.24) is 4.90 Å². The molecule has 3 nitrogen and oxygen atoms in total. The van der Waals surface area contributed by atoms with Gasteiger partial charge in [0.1, 0.15) is 6.10 Å². The summed E-state index contributed by atoms with van der Waals surface area (Å²) in [6, 6.07) is 20.8. The molecule has 1 fully saturated rings. The van der Waals surface area contributed by atoms with Crippen molar-refractivity contribution in [3.8, 4) is 11.1 Å². The number of likely N-dealkylation sites (tertiary alicyclic amines) is 1. The van der Waals surface area contributed by atoms with Gasteiger partial charge < -0.3 is 9.84 Å². The van der Waals surface area contributed by atoms with Gasteiger partial charge in [0.05, 0.1) is 18.0 Å². The molecule has 3 aromatic carbocycles. The third-order valence-corrected chi connectivity index (χ3v) is 9.84. The second-order valence-corrected chi connectivity index (χ2v) is 13.9. The summed E-state index contributed by atoms with van der Waals surface area (Å²) in [6.45, 7) is 6.02. The SMILES string of the molecule is CC(C)(O)c1cccc(-c2ccc3c(c2)CCCC(c2ccc(Cl)cc2Cl)=C3C2=CC=C(O[C@H]3CCN(CCCF)C3)CC2)c1. The third-order valence-electron chi connectivity index (χ3n) is 9.30. The lowest BCUT2D eigenvalue weighted by Gasteiger charge is -2.24. The predicted octanol–water partition coefficient (Wildman–Crippen LogP) is 10.2. The fourth-order valence-electron chi connectivity index (χ4n) is 6.94. The van der Waals surface area contributed by atoms with Crippen LogP contribution in [0.3, 0.4) is 0 Å². The van der Waals surface area contributed by atoms with Crippen LogP contribution < -0.4 is 0 Å². The molecule has 0 aromatic heterocycles. The first-order chi connectivity index (χ1) is 21.7. The molecule has 6 heteroatoms. The largest absolute Gasteiger partial charge is 0.493 e. The number of alkyl halides is 1. The molecule has 1 saturated heterocycles. The van der Waals surface area contributed by atoms with Gasteiger partial charge in [-0.1, -0.05) is 71.7 Å². The Hall–Kier alpha value is -2.89. The van der Waals surface area contributed by atoms with E-state index in [4.69, 9.17) is 27.9 Å². The second-order valence-electron chi connectivity index (χ2n) is 13.0. The summed E-state index contributed by atoms with van der Waals surface area (Å²) in [5.41, 5.74) is 9.67. The highest BCUT2D eigenvalue weighted by molar-refractivity contribution is 6.36. The van der Waals surface area contributed by atoms with Crippen LogP contribution >= 0.6 is 23.2 Å². The standard InChI is InChI=1S/C39H42Cl2FNO2/c1-39(2,44)30-8-3-6-27(23-30)28-12-16-34-29(22-28)7-4-9-36(35-17-13-31(40)24-37(35)41)38(34)26-10-14-32(15-11-26)45-33-18-21-43(25-33)20-5-19-42/h3,6,8,10,12-14,16-17,22-24,33,44H,4-5,7,9,11,15,18-21,25H2,1-2H3/t33-/m0/s1. The van der Waals surface area contributed by atoms with E-state index >= 15 is 0 Å². The van der Waals surface area contributed by atoms with E-state index in [0.29, 0.717) is 16.5 Å². The Bertz CT molecular complexity index is 1650. The second kappa shape index (κ2) is 13.8. The van der Waals surface area contributed by atoms with Crippen molar-refractivity contribution in [3.05, 3.63) is 116 Å². The first-order valence-electron chi connectivity index (χ1n) is 16.2. The van der Waals surface area contributed by atoms with Gasteiger partial charge in [0, 0.05) is 36.1 Å². The molecule has 1 aliphatic heterocycles. The van der Waals surface area contributed by atoms with Crippen LogP contribution in [0.5, 0.6) is 0 Å². The van der Waals surface area contributed by atoms with Crippen molar-refractivity contribution in [2.24, 2.45) is 0 Å². The molecule has 0 amide bonds. The number of halogens is 3. The molecule has 0 saturated carbocycles. The summed E-state index contributed by atoms with van der Waals surface area (Å²) < 4.78 is 19.1. The lowest BCUT2D eigenvalue weighted by Crippen LogP contribution is -2.24. The zero-order valence-corrected chi connectivity index (χ0v) is 27.7. The van der Waals surface area contributed by atoms with E-state index < -0.39 is 5.60 Å². The lowest BCUT2D eigenvalue weighted by atomic mass is 9.83. The monoisotopic (exact) mass is 645 g/mol. The first kappa shape index (κ1) is 32.1. The summed E-state index contributed by atoms with van der Waals surface area (Å²) in [5, 5.41) is 11.9. The molecule has 3 aromatic rings. The number of hydrogen-bond acceptors (Lipinski definition) is 3. The summed E-state index contributed by atoms with van der Waals surface area (Å²) in [5.74, 6) is 1.03. The predicted molar refractivity (Wildman–Crippen MR) is 185 cm³/mol. The smallest absolute Gasteiger partial charge is 0.112 e. The van der Waals surface area contributed by atoms with Gasteiger partial charge in [-0.15, -0.1) is 0 Å². The highest BCUT2D eigenvalue weighted by Gasteiger charge is 2.27. The fourth-order valence-corrected chi connectivity index (χ4v) is 7.46. The molecule has 0 bridgehead atoms. The van der Waals surface area contributed by atoms with Crippen molar-refractivity contribution in [1.29, 1.82) is 0 Å². The van der Waals surface area contributed by atoms with E-state index in [-0.39, 0.29) is 12.8 Å². The van der Waals surface area contributed by atoms with Crippen molar-refractivity contribution < 1.29 is 14.2 Å². The number of aliphatic hydroxyl groups is 1. The highest BCUT2D eigenvalue weighted by Crippen LogP contribution is 2.45. The lowest BCUT2D eigenvalue weighted by molar-refractivity contribution is 0.0786. The van der Waals surface area contributed by atoms with E-state index in [0.717, 1.165) is 86.2 Å². The maximum atomic E-state index is 12.7. The highest BCUT2D eigenvalue weighted by atomic mass is 35.5. The summed E-state index contributed by atoms with van der Waals surface area (Å²) in [6.07, 6.45) is 10.7. The molecule has 0 unspecified atom stereocenters. The average Bonchev–Trinajstić information content (AvgIpc) is 3.38. The van der Waals surface area contributed by atoms with Gasteiger partial charge in [-0.3, -0.25) is 9.29 Å². The minimum Gasteiger partial charge on any atom is -0.493 e. The van der Waals surface area contributed by atoms with Gasteiger partial charge in [-0.25, -0.2) is 0 Å². The van der Waals surface area contributed by atoms with Gasteiger partial charge >= 0.3 is 0 Å². The molecular formula is C39H42Cl2FNO2. The number of nitrogens with zero attached hydrogens (tertiary/aromatic N) is 1. The third kappa shape index (κ3) is 7.41. The maximum Gasteiger partial charge on any atom is 0.112 e. The average molecular weight is 647 g/mol. The first-order valence-corrected chi connectivity index (χ1v) is 17.0. The van der Waals surface area contributed by atoms with E-state index in [9.17, 15) is 9.50 Å². The van der Waals surface area contributed by atoms with Crippen LogP contribution in [0.4, 0.5) is 4.39 Å². The van der Waals surface area contributed by atoms with Crippen LogP contribution in [0.2, 0.25) is 10.0 Å². The maximum absolute atomic E-state index is 12.7. The molecule has 2 aliphatic carbocycles.